The molecule has 4 heterocycles. The van der Waals surface area contributed by atoms with Crippen LogP contribution in [0.1, 0.15) is 39.0 Å². The molecule has 0 radical (unpaired) electrons. The first kappa shape index (κ1) is 19.3. The number of piperidine rings is 1. The maximum Gasteiger partial charge on any atom is 0.248 e. The Morgan fingerprint density at radius 1 is 1.00 bits per heavy atom. The first-order valence-electron chi connectivity index (χ1n) is 11.3. The molecule has 2 aromatic carbocycles. The lowest BCUT2D eigenvalue weighted by atomic mass is 9.97. The van der Waals surface area contributed by atoms with Gasteiger partial charge in [0.05, 0.1) is 23.8 Å². The molecule has 7 heteroatoms. The van der Waals surface area contributed by atoms with Gasteiger partial charge >= 0.3 is 0 Å². The predicted octanol–water partition coefficient (Wildman–Crippen LogP) is 5.52. The summed E-state index contributed by atoms with van der Waals surface area (Å²) >= 11 is 0. The molecule has 0 aliphatic carbocycles. The molecule has 162 valence electrons. The summed E-state index contributed by atoms with van der Waals surface area (Å²) in [7, 11) is 0. The Morgan fingerprint density at radius 2 is 1.88 bits per heavy atom. The third-order valence-electron chi connectivity index (χ3n) is 6.86. The van der Waals surface area contributed by atoms with E-state index in [0.717, 1.165) is 33.1 Å². The summed E-state index contributed by atoms with van der Waals surface area (Å²) in [6, 6.07) is 13.7. The van der Waals surface area contributed by atoms with Gasteiger partial charge in [0.25, 0.3) is 0 Å². The molecular formula is C25H26N6O. The number of nitrogens with zero attached hydrogens (tertiary/aromatic N) is 4. The zero-order valence-electron chi connectivity index (χ0n) is 18.3. The number of aromatic nitrogens is 5. The number of H-pyrrole nitrogens is 2. The van der Waals surface area contributed by atoms with Crippen LogP contribution in [0, 0.1) is 0 Å². The summed E-state index contributed by atoms with van der Waals surface area (Å²) in [5, 5.41) is 18.4. The Bertz CT molecular complexity index is 1390. The highest BCUT2D eigenvalue weighted by Crippen LogP contribution is 2.36. The number of likely N-dealkylation sites (tertiary alicyclic amines) is 1. The first-order chi connectivity index (χ1) is 15.7. The number of hydrogen-bond acceptors (Lipinski definition) is 5. The van der Waals surface area contributed by atoms with E-state index in [9.17, 15) is 0 Å². The van der Waals surface area contributed by atoms with Crippen molar-refractivity contribution < 1.29 is 4.42 Å². The molecule has 2 atom stereocenters. The molecule has 1 aliphatic heterocycles. The van der Waals surface area contributed by atoms with Crippen LogP contribution in [0.4, 0.5) is 0 Å². The van der Waals surface area contributed by atoms with Crippen LogP contribution in [0.5, 0.6) is 0 Å². The van der Waals surface area contributed by atoms with Crippen molar-refractivity contribution in [2.75, 3.05) is 0 Å². The average molecular weight is 427 g/mol. The number of nitrogens with one attached hydrogen (secondary N) is 2. The Kier molecular flexibility index (Phi) is 4.57. The van der Waals surface area contributed by atoms with E-state index in [1.807, 2.05) is 12.4 Å². The lowest BCUT2D eigenvalue weighted by Gasteiger charge is -2.37. The van der Waals surface area contributed by atoms with E-state index in [0.29, 0.717) is 30.4 Å². The third-order valence-corrected chi connectivity index (χ3v) is 6.86. The number of fused-ring (bicyclic) bond motifs is 2. The first-order valence-corrected chi connectivity index (χ1v) is 11.3. The molecule has 3 aromatic heterocycles. The van der Waals surface area contributed by atoms with E-state index in [2.05, 4.69) is 80.5 Å². The van der Waals surface area contributed by atoms with Gasteiger partial charge in [0.1, 0.15) is 0 Å². The van der Waals surface area contributed by atoms with E-state index in [1.165, 1.54) is 24.6 Å². The van der Waals surface area contributed by atoms with Crippen molar-refractivity contribution in [3.63, 3.8) is 0 Å². The zero-order chi connectivity index (χ0) is 21.7. The van der Waals surface area contributed by atoms with Crippen LogP contribution in [-0.2, 0) is 6.54 Å². The molecule has 0 amide bonds. The number of aromatic amines is 2. The van der Waals surface area contributed by atoms with Crippen molar-refractivity contribution in [2.45, 2.75) is 51.7 Å². The van der Waals surface area contributed by atoms with Gasteiger partial charge in [0.15, 0.2) is 0 Å². The molecule has 7 nitrogen and oxygen atoms in total. The topological polar surface area (TPSA) is 86.6 Å². The summed E-state index contributed by atoms with van der Waals surface area (Å²) in [6.07, 6.45) is 7.51. The van der Waals surface area contributed by atoms with Crippen LogP contribution < -0.4 is 0 Å². The largest absolute Gasteiger partial charge is 0.419 e. The van der Waals surface area contributed by atoms with Crippen LogP contribution >= 0.6 is 0 Å². The van der Waals surface area contributed by atoms with Crippen molar-refractivity contribution >= 4 is 21.8 Å². The fourth-order valence-corrected chi connectivity index (χ4v) is 5.09. The monoisotopic (exact) mass is 426 g/mol. The summed E-state index contributed by atoms with van der Waals surface area (Å²) in [5.74, 6) is 1.20. The van der Waals surface area contributed by atoms with Crippen molar-refractivity contribution in [2.24, 2.45) is 0 Å². The highest BCUT2D eigenvalue weighted by molar-refractivity contribution is 6.01. The van der Waals surface area contributed by atoms with Gasteiger partial charge in [0, 0.05) is 34.6 Å². The lowest BCUT2D eigenvalue weighted by molar-refractivity contribution is 0.0853. The second kappa shape index (κ2) is 7.60. The lowest BCUT2D eigenvalue weighted by Crippen LogP contribution is -2.43. The zero-order valence-corrected chi connectivity index (χ0v) is 18.3. The second-order valence-electron chi connectivity index (χ2n) is 8.90. The highest BCUT2D eigenvalue weighted by atomic mass is 16.4. The van der Waals surface area contributed by atoms with Gasteiger partial charge < -0.3 is 9.40 Å². The van der Waals surface area contributed by atoms with Gasteiger partial charge in [-0.1, -0.05) is 18.6 Å². The van der Waals surface area contributed by atoms with Gasteiger partial charge in [-0.05, 0) is 62.1 Å². The van der Waals surface area contributed by atoms with Crippen molar-refractivity contribution in [3.05, 3.63) is 54.7 Å². The molecule has 0 spiro atoms. The van der Waals surface area contributed by atoms with Gasteiger partial charge in [-0.25, -0.2) is 0 Å². The summed E-state index contributed by atoms with van der Waals surface area (Å²) in [5.41, 5.74) is 5.19. The standard InChI is InChI=1S/C25H26N6O/c1-15-5-3-6-16(2)31(15)14-24-29-30-25(32-24)20-11-17(12-23-21(20)13-27-28-23)18-7-4-8-22-19(18)9-10-26-22/h4,7-13,15-16,26H,3,5-6,14H2,1-2H3,(H,27,28)/t15-,16+. The third kappa shape index (κ3) is 3.20. The molecule has 5 aromatic rings. The predicted molar refractivity (Wildman–Crippen MR) is 125 cm³/mol. The number of benzene rings is 2. The van der Waals surface area contributed by atoms with Crippen LogP contribution in [0.25, 0.3) is 44.4 Å². The molecule has 6 rings (SSSR count). The molecule has 32 heavy (non-hydrogen) atoms. The van der Waals surface area contributed by atoms with Gasteiger partial charge in [-0.3, -0.25) is 10.00 Å². The van der Waals surface area contributed by atoms with Gasteiger partial charge in [0.2, 0.25) is 11.8 Å². The normalized spacial score (nSPS) is 19.8. The highest BCUT2D eigenvalue weighted by Gasteiger charge is 2.26. The Hall–Kier alpha value is -3.45. The van der Waals surface area contributed by atoms with E-state index in [1.54, 1.807) is 0 Å². The molecule has 0 unspecified atom stereocenters. The van der Waals surface area contributed by atoms with Gasteiger partial charge in [-0.15, -0.1) is 10.2 Å². The van der Waals surface area contributed by atoms with Crippen molar-refractivity contribution in [1.82, 2.24) is 30.3 Å². The molecule has 1 fully saturated rings. The smallest absolute Gasteiger partial charge is 0.248 e. The fraction of sp³-hybridized carbons (Fsp3) is 0.320. The molecule has 0 saturated carbocycles. The summed E-state index contributed by atoms with van der Waals surface area (Å²) in [4.78, 5) is 5.76. The SMILES string of the molecule is C[C@@H]1CCC[C@H](C)N1Cc1nnc(-c2cc(-c3cccc4[nH]ccc34)cc3[nH]ncc23)o1. The van der Waals surface area contributed by atoms with E-state index >= 15 is 0 Å². The maximum absolute atomic E-state index is 6.20. The fourth-order valence-electron chi connectivity index (χ4n) is 5.09. The van der Waals surface area contributed by atoms with Crippen LogP contribution in [0.15, 0.2) is 53.2 Å². The minimum atomic E-state index is 0.528. The number of rotatable bonds is 4. The van der Waals surface area contributed by atoms with Crippen LogP contribution in [0.3, 0.4) is 0 Å². The minimum Gasteiger partial charge on any atom is -0.419 e. The molecular weight excluding hydrogens is 400 g/mol. The number of hydrogen-bond donors (Lipinski definition) is 2. The second-order valence-corrected chi connectivity index (χ2v) is 8.90. The Morgan fingerprint density at radius 3 is 2.75 bits per heavy atom. The molecule has 0 bridgehead atoms. The Labute approximate surface area is 185 Å². The van der Waals surface area contributed by atoms with E-state index in [-0.39, 0.29) is 0 Å². The van der Waals surface area contributed by atoms with E-state index in [4.69, 9.17) is 4.42 Å². The Balaban J connectivity index is 1.41. The van der Waals surface area contributed by atoms with Crippen LogP contribution in [-0.4, -0.2) is 42.4 Å². The summed E-state index contributed by atoms with van der Waals surface area (Å²) < 4.78 is 6.20. The van der Waals surface area contributed by atoms with Crippen molar-refractivity contribution in [1.29, 1.82) is 0 Å². The molecule has 2 N–H and O–H groups in total. The molecule has 1 saturated heterocycles. The average Bonchev–Trinajstić information content (AvgIpc) is 3.55. The summed E-state index contributed by atoms with van der Waals surface area (Å²) in [6.45, 7) is 5.26. The maximum atomic E-state index is 6.20. The van der Waals surface area contributed by atoms with Crippen LogP contribution in [0.2, 0.25) is 0 Å². The quantitative estimate of drug-likeness (QED) is 0.395. The van der Waals surface area contributed by atoms with Crippen molar-refractivity contribution in [3.8, 4) is 22.6 Å². The molecule has 1 aliphatic rings. The minimum absolute atomic E-state index is 0.528. The van der Waals surface area contributed by atoms with Gasteiger partial charge in [-0.2, -0.15) is 5.10 Å². The van der Waals surface area contributed by atoms with E-state index < -0.39 is 0 Å².